The third-order valence-corrected chi connectivity index (χ3v) is 14.1. The molecule has 21 heteroatoms. The number of carboxylic acids is 1. The first-order chi connectivity index (χ1) is 34.9. The van der Waals surface area contributed by atoms with Crippen molar-refractivity contribution < 1.29 is 61.7 Å². The third kappa shape index (κ3) is 11.4. The lowest BCUT2D eigenvalue weighted by atomic mass is 9.94. The summed E-state index contributed by atoms with van der Waals surface area (Å²) in [5, 5.41) is 22.5. The molecule has 75 heavy (non-hydrogen) atoms. The predicted octanol–water partition coefficient (Wildman–Crippen LogP) is 8.00. The first-order valence-electron chi connectivity index (χ1n) is 24.0. The summed E-state index contributed by atoms with van der Waals surface area (Å²) >= 11 is 0. The van der Waals surface area contributed by atoms with Crippen LogP contribution in [0.5, 0.6) is 0 Å². The lowest BCUT2D eigenvalue weighted by molar-refractivity contribution is -0.144. The number of urea groups is 2. The highest BCUT2D eigenvalue weighted by Crippen LogP contribution is 2.48. The van der Waals surface area contributed by atoms with Crippen LogP contribution in [0.15, 0.2) is 84.9 Å². The number of carboxylic acid groups (broad SMARTS) is 1. The van der Waals surface area contributed by atoms with Crippen LogP contribution in [0.3, 0.4) is 0 Å². The molecule has 0 bridgehead atoms. The second-order valence-corrected chi connectivity index (χ2v) is 18.8. The molecule has 4 aromatic carbocycles. The average Bonchev–Trinajstić information content (AvgIpc) is 4.22. The van der Waals surface area contributed by atoms with Gasteiger partial charge >= 0.3 is 30.2 Å². The number of carbonyl (C=O) groups is 8. The molecule has 0 aromatic heterocycles. The van der Waals surface area contributed by atoms with Crippen molar-refractivity contribution in [3.8, 4) is 0 Å². The van der Waals surface area contributed by atoms with Crippen LogP contribution in [-0.2, 0) is 52.7 Å². The molecule has 4 heterocycles. The molecular formula is C54H64F2N8O11. The summed E-state index contributed by atoms with van der Waals surface area (Å²) in [4.78, 5) is 101. The SMILES string of the molecule is C.C.CNC(=O)Nc1ccc2c(c1)CC[C@@]21OC(=O)N(CC(=O)N2[C@@H](C)CC[C@H]2c2ccc(F)cc2)C1=O.CNC(=O)Nc1ccc2c(c1)CC[C@@]21OC(=O)N(CC(=O)O)C1=O.C[C@H]1CC[C@@H](c2ccc(F)cc2)N1. The van der Waals surface area contributed by atoms with Gasteiger partial charge in [-0.3, -0.25) is 19.2 Å². The number of nitrogens with zero attached hydrogens (tertiary/aromatic N) is 3. The highest BCUT2D eigenvalue weighted by Gasteiger charge is 2.60. The van der Waals surface area contributed by atoms with Crippen LogP contribution in [-0.4, -0.2) is 107 Å². The largest absolute Gasteiger partial charge is 0.480 e. The van der Waals surface area contributed by atoms with Crippen LogP contribution >= 0.6 is 0 Å². The number of rotatable bonds is 8. The molecule has 6 atom stereocenters. The molecule has 6 N–H and O–H groups in total. The van der Waals surface area contributed by atoms with Crippen LogP contribution in [0.4, 0.5) is 39.3 Å². The average molecular weight is 1040 g/mol. The molecule has 2 aliphatic carbocycles. The van der Waals surface area contributed by atoms with E-state index >= 15 is 0 Å². The Labute approximate surface area is 433 Å². The number of hydrogen-bond acceptors (Lipinski definition) is 11. The van der Waals surface area contributed by atoms with E-state index in [1.165, 1.54) is 50.3 Å². The zero-order valence-electron chi connectivity index (χ0n) is 40.6. The number of aliphatic carboxylic acids is 1. The number of imide groups is 2. The second kappa shape index (κ2) is 23.1. The molecule has 2 spiro atoms. The number of hydrogen-bond donors (Lipinski definition) is 6. The number of carbonyl (C=O) groups excluding carboxylic acids is 7. The van der Waals surface area contributed by atoms with Crippen molar-refractivity contribution in [2.45, 2.75) is 115 Å². The van der Waals surface area contributed by atoms with Crippen LogP contribution in [0.1, 0.15) is 113 Å². The molecule has 4 aromatic rings. The molecule has 4 aliphatic heterocycles. The summed E-state index contributed by atoms with van der Waals surface area (Å²) < 4.78 is 37.0. The van der Waals surface area contributed by atoms with Gasteiger partial charge in [0.15, 0.2) is 0 Å². The molecular weight excluding hydrogens is 975 g/mol. The number of likely N-dealkylation sites (tertiary alicyclic amines) is 1. The Hall–Kier alpha value is -7.94. The summed E-state index contributed by atoms with van der Waals surface area (Å²) in [6, 6.07) is 22.8. The highest BCUT2D eigenvalue weighted by molar-refractivity contribution is 6.07. The number of nitrogens with one attached hydrogen (secondary N) is 5. The van der Waals surface area contributed by atoms with E-state index in [4.69, 9.17) is 14.6 Å². The van der Waals surface area contributed by atoms with Crippen molar-refractivity contribution in [2.24, 2.45) is 0 Å². The quantitative estimate of drug-likeness (QED) is 0.0983. The van der Waals surface area contributed by atoms with Crippen molar-refractivity contribution in [3.63, 3.8) is 0 Å². The molecule has 9 amide bonds. The lowest BCUT2D eigenvalue weighted by Gasteiger charge is -2.30. The van der Waals surface area contributed by atoms with Crippen molar-refractivity contribution in [3.05, 3.63) is 130 Å². The summed E-state index contributed by atoms with van der Waals surface area (Å²) in [6.07, 6.45) is 3.49. The van der Waals surface area contributed by atoms with Crippen molar-refractivity contribution in [1.29, 1.82) is 0 Å². The Morgan fingerprint density at radius 3 is 1.56 bits per heavy atom. The van der Waals surface area contributed by atoms with Crippen molar-refractivity contribution in [1.82, 2.24) is 30.7 Å². The van der Waals surface area contributed by atoms with Gasteiger partial charge in [-0.15, -0.1) is 0 Å². The number of halogens is 2. The van der Waals surface area contributed by atoms with Crippen LogP contribution in [0, 0.1) is 11.6 Å². The van der Waals surface area contributed by atoms with E-state index in [1.807, 2.05) is 19.1 Å². The molecule has 6 aliphatic rings. The monoisotopic (exact) mass is 1040 g/mol. The normalized spacial score (nSPS) is 23.6. The molecule has 0 radical (unpaired) electrons. The van der Waals surface area contributed by atoms with Crippen molar-refractivity contribution >= 4 is 59.3 Å². The van der Waals surface area contributed by atoms with Gasteiger partial charge in [-0.1, -0.05) is 51.3 Å². The molecule has 4 saturated heterocycles. The van der Waals surface area contributed by atoms with Gasteiger partial charge in [0.25, 0.3) is 11.8 Å². The van der Waals surface area contributed by atoms with Gasteiger partial charge in [-0.2, -0.15) is 0 Å². The van der Waals surface area contributed by atoms with Gasteiger partial charge < -0.3 is 46.1 Å². The van der Waals surface area contributed by atoms with E-state index < -0.39 is 54.3 Å². The van der Waals surface area contributed by atoms with Crippen LogP contribution < -0.4 is 26.6 Å². The minimum atomic E-state index is -1.47. The first-order valence-corrected chi connectivity index (χ1v) is 24.0. The van der Waals surface area contributed by atoms with Crippen molar-refractivity contribution in [2.75, 3.05) is 37.8 Å². The van der Waals surface area contributed by atoms with Crippen LogP contribution in [0.25, 0.3) is 0 Å². The molecule has 4 fully saturated rings. The van der Waals surface area contributed by atoms with Gasteiger partial charge in [0, 0.05) is 67.6 Å². The number of benzene rings is 4. The maximum Gasteiger partial charge on any atom is 0.418 e. The molecule has 19 nitrogen and oxygen atoms in total. The minimum absolute atomic E-state index is 0. The maximum atomic E-state index is 13.5. The Kier molecular flexibility index (Phi) is 17.3. The van der Waals surface area contributed by atoms with Gasteiger partial charge in [0.2, 0.25) is 17.1 Å². The fraction of sp³-hybridized carbons (Fsp3) is 0.407. The summed E-state index contributed by atoms with van der Waals surface area (Å²) in [5.74, 6) is -3.39. The fourth-order valence-corrected chi connectivity index (χ4v) is 10.5. The van der Waals surface area contributed by atoms with E-state index in [1.54, 1.807) is 53.4 Å². The van der Waals surface area contributed by atoms with E-state index in [2.05, 4.69) is 33.5 Å². The Bertz CT molecular complexity index is 2850. The Morgan fingerprint density at radius 2 is 1.12 bits per heavy atom. The topological polar surface area (TPSA) is 245 Å². The van der Waals surface area contributed by atoms with Gasteiger partial charge in [0.05, 0.1) is 6.04 Å². The third-order valence-electron chi connectivity index (χ3n) is 14.1. The fourth-order valence-electron chi connectivity index (χ4n) is 10.5. The van der Waals surface area contributed by atoms with E-state index in [0.29, 0.717) is 58.7 Å². The second-order valence-electron chi connectivity index (χ2n) is 18.8. The first kappa shape index (κ1) is 56.4. The zero-order valence-corrected chi connectivity index (χ0v) is 40.6. The summed E-state index contributed by atoms with van der Waals surface area (Å²) in [6.45, 7) is 2.95. The minimum Gasteiger partial charge on any atom is -0.480 e. The number of ether oxygens (including phenoxy) is 2. The molecule has 0 unspecified atom stereocenters. The highest BCUT2D eigenvalue weighted by atomic mass is 19.1. The summed E-state index contributed by atoms with van der Waals surface area (Å²) in [7, 11) is 3.00. The zero-order chi connectivity index (χ0) is 52.4. The van der Waals surface area contributed by atoms with Crippen LogP contribution in [0.2, 0.25) is 0 Å². The number of fused-ring (bicyclic) bond motifs is 4. The number of anilines is 2. The number of amides is 9. The lowest BCUT2D eigenvalue weighted by Crippen LogP contribution is -2.46. The molecule has 400 valence electrons. The number of aryl methyl sites for hydroxylation is 2. The standard InChI is InChI=1S/C26H27FN4O5.C15H15N3O6.C11H14FN.2CH4/c1-15-3-10-21(16-4-6-18(27)7-5-16)31(15)22(32)14-30-23(33)26(36-25(30)35)12-11-17-13-19(8-9-20(17)26)29-24(34)28-2;1-16-13(22)17-9-2-3-10-8(6-9)4-5-15(10)12(21)18(7-11(19)20)14(23)24-15;1-8-2-7-11(13-8)9-3-5-10(12)6-4-9;;/h4-9,13,15,21H,3,10-12,14H2,1-2H3,(H2,28,29,34);2-3,6H,4-5,7H2,1H3,(H,19,20)(H2,16,17,22);3-6,8,11,13H,2,7H2,1H3;2*1H4/t15-,21-,26+;15-;8-,11-;;/m010../s1. The van der Waals surface area contributed by atoms with Gasteiger partial charge in [-0.05, 0) is 123 Å². The molecule has 10 rings (SSSR count). The molecule has 0 saturated carbocycles. The van der Waals surface area contributed by atoms with E-state index in [9.17, 15) is 47.1 Å². The predicted molar refractivity (Wildman–Crippen MR) is 272 cm³/mol. The Morgan fingerprint density at radius 1 is 0.653 bits per heavy atom. The van der Waals surface area contributed by atoms with E-state index in [0.717, 1.165) is 34.4 Å². The maximum absolute atomic E-state index is 13.5. The Balaban J connectivity index is 0.000000201. The van der Waals surface area contributed by atoms with Gasteiger partial charge in [-0.25, -0.2) is 37.8 Å². The van der Waals surface area contributed by atoms with Gasteiger partial charge in [0.1, 0.15) is 24.7 Å². The smallest absolute Gasteiger partial charge is 0.418 e. The summed E-state index contributed by atoms with van der Waals surface area (Å²) in [5.41, 5.74) is 2.84. The van der Waals surface area contributed by atoms with E-state index in [-0.39, 0.29) is 69.4 Å².